The van der Waals surface area contributed by atoms with Crippen LogP contribution < -0.4 is 5.32 Å². The Kier molecular flexibility index (Phi) is 5.73. The molecular weight excluding hydrogens is 416 g/mol. The quantitative estimate of drug-likeness (QED) is 0.651. The number of nitrogens with one attached hydrogen (secondary N) is 1. The minimum absolute atomic E-state index is 0.0168. The Morgan fingerprint density at radius 1 is 1.12 bits per heavy atom. The summed E-state index contributed by atoms with van der Waals surface area (Å²) >= 11 is 0. The number of carbonyl (C=O) groups is 2. The number of carbonyl (C=O) groups excluding carboxylic acids is 2. The summed E-state index contributed by atoms with van der Waals surface area (Å²) in [4.78, 5) is 42.7. The van der Waals surface area contributed by atoms with Crippen LogP contribution in [0.2, 0.25) is 0 Å². The summed E-state index contributed by atoms with van der Waals surface area (Å²) in [6.07, 6.45) is 5.45. The van der Waals surface area contributed by atoms with Crippen molar-refractivity contribution < 1.29 is 9.59 Å². The number of para-hydroxylation sites is 1. The molecule has 33 heavy (non-hydrogen) atoms. The van der Waals surface area contributed by atoms with Gasteiger partial charge in [0.25, 0.3) is 0 Å². The molecule has 2 atom stereocenters. The Morgan fingerprint density at radius 3 is 2.70 bits per heavy atom. The molecular formula is C25H26N6O2. The average Bonchev–Trinajstić information content (AvgIpc) is 3.46. The van der Waals surface area contributed by atoms with E-state index in [-0.39, 0.29) is 30.2 Å². The van der Waals surface area contributed by atoms with Crippen LogP contribution in [0.1, 0.15) is 31.1 Å². The predicted octanol–water partition coefficient (Wildman–Crippen LogP) is 3.42. The predicted molar refractivity (Wildman–Crippen MR) is 124 cm³/mol. The van der Waals surface area contributed by atoms with E-state index in [0.29, 0.717) is 24.7 Å². The molecule has 2 aromatic heterocycles. The summed E-state index contributed by atoms with van der Waals surface area (Å²) < 4.78 is 0. The number of likely N-dealkylation sites (tertiary alicyclic amines) is 2. The van der Waals surface area contributed by atoms with Gasteiger partial charge in [-0.3, -0.25) is 14.6 Å². The maximum atomic E-state index is 13.3. The Labute approximate surface area is 192 Å². The molecule has 0 radical (unpaired) electrons. The van der Waals surface area contributed by atoms with E-state index in [2.05, 4.69) is 10.3 Å². The second-order valence-corrected chi connectivity index (χ2v) is 8.59. The first-order valence-corrected chi connectivity index (χ1v) is 11.2. The second kappa shape index (κ2) is 8.97. The summed E-state index contributed by atoms with van der Waals surface area (Å²) in [5.41, 5.74) is 2.56. The standard InChI is InChI=1S/C25H26N6O2/c1-30-16-18(13-23(30)32)25(33)31-12-6-10-21(31)24-28-20(17-7-5-11-26-15-17)14-22(29-24)27-19-8-3-2-4-9-19/h2-5,7-9,11,14-15,18,21H,6,10,12-13,16H2,1H3,(H,27,28,29). The van der Waals surface area contributed by atoms with Crippen molar-refractivity contribution in [1.29, 1.82) is 0 Å². The molecule has 8 heteroatoms. The number of benzene rings is 1. The molecule has 2 unspecified atom stereocenters. The fourth-order valence-corrected chi connectivity index (χ4v) is 4.57. The van der Waals surface area contributed by atoms with E-state index in [4.69, 9.17) is 9.97 Å². The first kappa shape index (κ1) is 21.1. The SMILES string of the molecule is CN1CC(C(=O)N2CCCC2c2nc(Nc3ccccc3)cc(-c3cccnc3)n2)CC1=O. The number of amides is 2. The Hall–Kier alpha value is -3.81. The smallest absolute Gasteiger partial charge is 0.228 e. The van der Waals surface area contributed by atoms with Gasteiger partial charge < -0.3 is 15.1 Å². The lowest BCUT2D eigenvalue weighted by molar-refractivity contribution is -0.136. The van der Waals surface area contributed by atoms with Crippen LogP contribution in [0, 0.1) is 5.92 Å². The molecule has 8 nitrogen and oxygen atoms in total. The molecule has 0 bridgehead atoms. The van der Waals surface area contributed by atoms with Gasteiger partial charge in [-0.25, -0.2) is 9.97 Å². The van der Waals surface area contributed by atoms with Crippen LogP contribution in [0.15, 0.2) is 60.9 Å². The first-order valence-electron chi connectivity index (χ1n) is 11.2. The van der Waals surface area contributed by atoms with Crippen molar-refractivity contribution in [3.8, 4) is 11.3 Å². The van der Waals surface area contributed by atoms with Crippen LogP contribution in [0.4, 0.5) is 11.5 Å². The van der Waals surface area contributed by atoms with Crippen molar-refractivity contribution in [3.05, 3.63) is 66.7 Å². The molecule has 1 aromatic carbocycles. The van der Waals surface area contributed by atoms with Crippen LogP contribution in [-0.4, -0.2) is 56.7 Å². The number of anilines is 2. The molecule has 2 fully saturated rings. The average molecular weight is 443 g/mol. The fraction of sp³-hybridized carbons (Fsp3) is 0.320. The van der Waals surface area contributed by atoms with Crippen LogP contribution >= 0.6 is 0 Å². The number of pyridine rings is 1. The summed E-state index contributed by atoms with van der Waals surface area (Å²) in [6, 6.07) is 15.4. The Morgan fingerprint density at radius 2 is 1.97 bits per heavy atom. The van der Waals surface area contributed by atoms with E-state index in [1.54, 1.807) is 24.3 Å². The normalized spacial score (nSPS) is 20.3. The molecule has 168 valence electrons. The zero-order valence-corrected chi connectivity index (χ0v) is 18.5. The lowest BCUT2D eigenvalue weighted by Gasteiger charge is -2.26. The van der Waals surface area contributed by atoms with Crippen LogP contribution in [0.3, 0.4) is 0 Å². The van der Waals surface area contributed by atoms with Crippen LogP contribution in [0.5, 0.6) is 0 Å². The molecule has 0 spiro atoms. The molecule has 0 aliphatic carbocycles. The molecule has 2 aliphatic rings. The minimum Gasteiger partial charge on any atom is -0.345 e. The third kappa shape index (κ3) is 4.41. The highest BCUT2D eigenvalue weighted by molar-refractivity contribution is 5.89. The largest absolute Gasteiger partial charge is 0.345 e. The highest BCUT2D eigenvalue weighted by Gasteiger charge is 2.40. The monoisotopic (exact) mass is 442 g/mol. The van der Waals surface area contributed by atoms with Crippen molar-refractivity contribution in [2.45, 2.75) is 25.3 Å². The molecule has 2 amide bonds. The Bertz CT molecular complexity index is 1150. The summed E-state index contributed by atoms with van der Waals surface area (Å²) in [5, 5.41) is 3.36. The van der Waals surface area contributed by atoms with E-state index in [0.717, 1.165) is 29.8 Å². The van der Waals surface area contributed by atoms with Crippen LogP contribution in [-0.2, 0) is 9.59 Å². The fourth-order valence-electron chi connectivity index (χ4n) is 4.57. The highest BCUT2D eigenvalue weighted by Crippen LogP contribution is 2.35. The van der Waals surface area contributed by atoms with E-state index in [1.165, 1.54) is 0 Å². The third-order valence-corrected chi connectivity index (χ3v) is 6.27. The Balaban J connectivity index is 1.48. The molecule has 2 aliphatic heterocycles. The third-order valence-electron chi connectivity index (χ3n) is 6.27. The molecule has 1 N–H and O–H groups in total. The topological polar surface area (TPSA) is 91.3 Å². The maximum absolute atomic E-state index is 13.3. The van der Waals surface area contributed by atoms with Crippen molar-refractivity contribution in [2.24, 2.45) is 5.92 Å². The van der Waals surface area contributed by atoms with Crippen LogP contribution in [0.25, 0.3) is 11.3 Å². The maximum Gasteiger partial charge on any atom is 0.228 e. The highest BCUT2D eigenvalue weighted by atomic mass is 16.2. The lowest BCUT2D eigenvalue weighted by Crippen LogP contribution is -2.37. The number of hydrogen-bond donors (Lipinski definition) is 1. The van der Waals surface area contributed by atoms with Gasteiger partial charge in [0.15, 0.2) is 5.82 Å². The first-order chi connectivity index (χ1) is 16.1. The molecule has 3 aromatic rings. The number of nitrogens with zero attached hydrogens (tertiary/aromatic N) is 5. The van der Waals surface area contributed by atoms with Gasteiger partial charge in [-0.1, -0.05) is 18.2 Å². The molecule has 0 saturated carbocycles. The van der Waals surface area contributed by atoms with Crippen molar-refractivity contribution >= 4 is 23.3 Å². The molecule has 5 rings (SSSR count). The minimum atomic E-state index is -0.300. The van der Waals surface area contributed by atoms with Gasteiger partial charge >= 0.3 is 0 Å². The summed E-state index contributed by atoms with van der Waals surface area (Å²) in [5.74, 6) is 1.02. The summed E-state index contributed by atoms with van der Waals surface area (Å²) in [7, 11) is 1.75. The van der Waals surface area contributed by atoms with Gasteiger partial charge in [0.2, 0.25) is 11.8 Å². The van der Waals surface area contributed by atoms with E-state index in [9.17, 15) is 9.59 Å². The second-order valence-electron chi connectivity index (χ2n) is 8.59. The van der Waals surface area contributed by atoms with Crippen molar-refractivity contribution in [1.82, 2.24) is 24.8 Å². The van der Waals surface area contributed by atoms with Crippen molar-refractivity contribution in [3.63, 3.8) is 0 Å². The van der Waals surface area contributed by atoms with Crippen molar-refractivity contribution in [2.75, 3.05) is 25.5 Å². The molecule has 2 saturated heterocycles. The lowest BCUT2D eigenvalue weighted by atomic mass is 10.1. The molecule has 4 heterocycles. The van der Waals surface area contributed by atoms with Gasteiger partial charge in [-0.15, -0.1) is 0 Å². The van der Waals surface area contributed by atoms with Gasteiger partial charge in [0.05, 0.1) is 17.7 Å². The summed E-state index contributed by atoms with van der Waals surface area (Å²) in [6.45, 7) is 1.12. The zero-order valence-electron chi connectivity index (χ0n) is 18.5. The van der Waals surface area contributed by atoms with E-state index >= 15 is 0 Å². The van der Waals surface area contributed by atoms with Gasteiger partial charge in [-0.05, 0) is 37.1 Å². The van der Waals surface area contributed by atoms with E-state index < -0.39 is 0 Å². The number of hydrogen-bond acceptors (Lipinski definition) is 6. The van der Waals surface area contributed by atoms with Gasteiger partial charge in [0.1, 0.15) is 5.82 Å². The zero-order chi connectivity index (χ0) is 22.8. The van der Waals surface area contributed by atoms with Gasteiger partial charge in [0, 0.05) is 56.3 Å². The van der Waals surface area contributed by atoms with Gasteiger partial charge in [-0.2, -0.15) is 0 Å². The number of aromatic nitrogens is 3. The number of rotatable bonds is 5. The van der Waals surface area contributed by atoms with E-state index in [1.807, 2.05) is 53.4 Å².